The molecule has 10 heteroatoms. The van der Waals surface area contributed by atoms with Crippen molar-refractivity contribution in [3.8, 4) is 0 Å². The monoisotopic (exact) mass is 266 g/mol. The normalized spacial score (nSPS) is 11.4. The number of carboxylic acid groups (broad SMARTS) is 2. The van der Waals surface area contributed by atoms with Gasteiger partial charge in [0.2, 0.25) is 0 Å². The van der Waals surface area contributed by atoms with Gasteiger partial charge in [0.25, 0.3) is 10.1 Å². The van der Waals surface area contributed by atoms with E-state index in [1.165, 1.54) is 0 Å². The molecule has 3 N–H and O–H groups in total. The van der Waals surface area contributed by atoms with E-state index in [2.05, 4.69) is 0 Å². The van der Waals surface area contributed by atoms with E-state index in [1.54, 1.807) is 6.92 Å². The third-order valence-electron chi connectivity index (χ3n) is 0.995. The van der Waals surface area contributed by atoms with Crippen LogP contribution in [0.15, 0.2) is 0 Å². The minimum atomic E-state index is -4.84. The second-order valence-corrected chi connectivity index (χ2v) is 3.83. The Hall–Kier alpha value is -0.190. The molecule has 0 amide bonds. The van der Waals surface area contributed by atoms with Crippen LogP contribution in [0, 0.1) is 0 Å². The Morgan fingerprint density at radius 1 is 1.31 bits per heavy atom. The topological polar surface area (TPSA) is 152 Å². The molecule has 0 rings (SSSR count). The zero-order valence-corrected chi connectivity index (χ0v) is 11.6. The minimum absolute atomic E-state index is 0. The number of carboxylic acids is 2. The van der Waals surface area contributed by atoms with Crippen LogP contribution in [0.5, 0.6) is 0 Å². The predicted octanol–water partition coefficient (Wildman–Crippen LogP) is -4.83. The molecule has 0 bridgehead atoms. The molecule has 0 aliphatic rings. The number of hydrogen-bond donors (Lipinski definition) is 3. The standard InChI is InChI=1S/C4H6O7S.C2H5O.Na/c5-3(6)1-2(4(7)8)12(9,10)11;1-2-3;/h2H,1H2,(H,5,6)(H,7,8)(H,9,10,11);2H2,1H3;/q;-1;+1. The van der Waals surface area contributed by atoms with Gasteiger partial charge in [-0.15, -0.1) is 6.61 Å². The maximum absolute atomic E-state index is 10.2. The number of rotatable bonds is 4. The molecule has 0 aliphatic heterocycles. The van der Waals surface area contributed by atoms with Crippen LogP contribution >= 0.6 is 0 Å². The minimum Gasteiger partial charge on any atom is -0.855 e. The van der Waals surface area contributed by atoms with Gasteiger partial charge in [0.15, 0.2) is 5.25 Å². The summed E-state index contributed by atoms with van der Waals surface area (Å²) >= 11 is 0. The first-order chi connectivity index (χ1) is 6.66. The number of aliphatic carboxylic acids is 2. The predicted molar refractivity (Wildman–Crippen MR) is 45.8 cm³/mol. The van der Waals surface area contributed by atoms with Crippen LogP contribution in [-0.2, 0) is 19.7 Å². The zero-order valence-electron chi connectivity index (χ0n) is 8.78. The van der Waals surface area contributed by atoms with E-state index in [0.717, 1.165) is 0 Å². The first-order valence-corrected chi connectivity index (χ1v) is 5.16. The van der Waals surface area contributed by atoms with Crippen molar-refractivity contribution < 1.29 is 67.4 Å². The van der Waals surface area contributed by atoms with E-state index >= 15 is 0 Å². The molecule has 0 saturated heterocycles. The average Bonchev–Trinajstić information content (AvgIpc) is 1.98. The summed E-state index contributed by atoms with van der Waals surface area (Å²) in [6.07, 6.45) is -1.16. The van der Waals surface area contributed by atoms with Gasteiger partial charge in [-0.2, -0.15) is 8.42 Å². The molecule has 0 aromatic rings. The van der Waals surface area contributed by atoms with Crippen LogP contribution < -0.4 is 34.7 Å². The Bertz CT molecular complexity index is 310. The summed E-state index contributed by atoms with van der Waals surface area (Å²) < 4.78 is 28.7. The van der Waals surface area contributed by atoms with E-state index in [0.29, 0.717) is 0 Å². The summed E-state index contributed by atoms with van der Waals surface area (Å²) in [5.41, 5.74) is 0. The van der Waals surface area contributed by atoms with Gasteiger partial charge < -0.3 is 15.3 Å². The van der Waals surface area contributed by atoms with E-state index in [1.807, 2.05) is 0 Å². The number of carbonyl (C=O) groups is 2. The smallest absolute Gasteiger partial charge is 0.855 e. The number of hydrogen-bond acceptors (Lipinski definition) is 5. The third kappa shape index (κ3) is 11.9. The molecule has 0 spiro atoms. The summed E-state index contributed by atoms with van der Waals surface area (Å²) in [6.45, 7) is 1.57. The molecular formula is C6H11NaO8S. The van der Waals surface area contributed by atoms with Gasteiger partial charge in [-0.25, -0.2) is 0 Å². The first kappa shape index (κ1) is 21.1. The molecule has 0 aromatic heterocycles. The maximum atomic E-state index is 10.2. The van der Waals surface area contributed by atoms with E-state index < -0.39 is 33.7 Å². The van der Waals surface area contributed by atoms with Crippen LogP contribution in [0.1, 0.15) is 13.3 Å². The van der Waals surface area contributed by atoms with Crippen molar-refractivity contribution in [1.82, 2.24) is 0 Å². The summed E-state index contributed by atoms with van der Waals surface area (Å²) in [5, 5.41) is 22.8. The molecule has 16 heavy (non-hydrogen) atoms. The molecule has 8 nitrogen and oxygen atoms in total. The van der Waals surface area contributed by atoms with E-state index in [4.69, 9.17) is 19.9 Å². The summed E-state index contributed by atoms with van der Waals surface area (Å²) in [5.74, 6) is -3.50. The fraction of sp³-hybridized carbons (Fsp3) is 0.667. The van der Waals surface area contributed by atoms with Crippen molar-refractivity contribution in [2.45, 2.75) is 18.6 Å². The molecule has 0 aliphatic carbocycles. The SMILES string of the molecule is CC[O-].O=C(O)CC(C(=O)O)S(=O)(=O)O.[Na+]. The van der Waals surface area contributed by atoms with Crippen molar-refractivity contribution in [2.24, 2.45) is 0 Å². The summed E-state index contributed by atoms with van der Waals surface area (Å²) in [6, 6.07) is 0. The van der Waals surface area contributed by atoms with Gasteiger partial charge in [-0.3, -0.25) is 14.1 Å². The van der Waals surface area contributed by atoms with Gasteiger partial charge in [0.05, 0.1) is 6.42 Å². The van der Waals surface area contributed by atoms with Crippen LogP contribution in [0.25, 0.3) is 0 Å². The molecule has 90 valence electrons. The van der Waals surface area contributed by atoms with Crippen molar-refractivity contribution in [1.29, 1.82) is 0 Å². The van der Waals surface area contributed by atoms with Crippen LogP contribution in [0.4, 0.5) is 0 Å². The van der Waals surface area contributed by atoms with Gasteiger partial charge in [0.1, 0.15) is 0 Å². The molecule has 0 fully saturated rings. The quantitative estimate of drug-likeness (QED) is 0.338. The summed E-state index contributed by atoms with van der Waals surface area (Å²) in [7, 11) is -4.84. The Morgan fingerprint density at radius 3 is 1.69 bits per heavy atom. The second kappa shape index (κ2) is 10.00. The zero-order chi connectivity index (χ0) is 12.6. The molecule has 1 atom stereocenters. The first-order valence-electron chi connectivity index (χ1n) is 3.65. The fourth-order valence-corrected chi connectivity index (χ4v) is 1.09. The van der Waals surface area contributed by atoms with Crippen molar-refractivity contribution in [3.05, 3.63) is 0 Å². The molecule has 0 aromatic carbocycles. The molecular weight excluding hydrogens is 255 g/mol. The van der Waals surface area contributed by atoms with Crippen molar-refractivity contribution in [3.63, 3.8) is 0 Å². The Morgan fingerprint density at radius 2 is 1.62 bits per heavy atom. The summed E-state index contributed by atoms with van der Waals surface area (Å²) in [4.78, 5) is 20.0. The van der Waals surface area contributed by atoms with Crippen LogP contribution in [0.3, 0.4) is 0 Å². The molecule has 1 unspecified atom stereocenters. The van der Waals surface area contributed by atoms with Crippen molar-refractivity contribution in [2.75, 3.05) is 6.61 Å². The fourth-order valence-electron chi connectivity index (χ4n) is 0.479. The Kier molecular flexibility index (Phi) is 13.2. The Labute approximate surface area is 114 Å². The van der Waals surface area contributed by atoms with Crippen LogP contribution in [-0.4, -0.2) is 47.0 Å². The van der Waals surface area contributed by atoms with Gasteiger partial charge >= 0.3 is 41.5 Å². The molecule has 0 radical (unpaired) electrons. The largest absolute Gasteiger partial charge is 1.00 e. The molecule has 0 saturated carbocycles. The van der Waals surface area contributed by atoms with E-state index in [9.17, 15) is 18.0 Å². The van der Waals surface area contributed by atoms with Gasteiger partial charge in [-0.05, 0) is 0 Å². The average molecular weight is 266 g/mol. The third-order valence-corrected chi connectivity index (χ3v) is 2.08. The second-order valence-electron chi connectivity index (χ2n) is 2.23. The van der Waals surface area contributed by atoms with Crippen molar-refractivity contribution >= 4 is 22.1 Å². The van der Waals surface area contributed by atoms with E-state index in [-0.39, 0.29) is 36.2 Å². The molecule has 0 heterocycles. The van der Waals surface area contributed by atoms with Gasteiger partial charge in [0, 0.05) is 0 Å². The maximum Gasteiger partial charge on any atom is 1.00 e. The van der Waals surface area contributed by atoms with Gasteiger partial charge in [-0.1, -0.05) is 6.92 Å². The van der Waals surface area contributed by atoms with Crippen LogP contribution in [0.2, 0.25) is 0 Å². The Balaban J connectivity index is -0.000000377.